The van der Waals surface area contributed by atoms with E-state index in [9.17, 15) is 0 Å². The first-order valence-corrected chi connectivity index (χ1v) is 5.57. The Balaban J connectivity index is 2.04. The molecule has 0 fully saturated rings. The number of anilines is 1. The molecule has 1 aliphatic rings. The van der Waals surface area contributed by atoms with Crippen LogP contribution in [0.4, 0.5) is 5.95 Å². The van der Waals surface area contributed by atoms with Gasteiger partial charge < -0.3 is 10.4 Å². The molecule has 3 rings (SSSR count). The van der Waals surface area contributed by atoms with E-state index in [0.29, 0.717) is 11.8 Å². The summed E-state index contributed by atoms with van der Waals surface area (Å²) in [5, 5.41) is 20.7. The number of nitrogens with zero attached hydrogens (tertiary/aromatic N) is 5. The SMILES string of the molecule is Cn1nccc1C1CCNc2nc(CO)nn21. The van der Waals surface area contributed by atoms with E-state index >= 15 is 0 Å². The molecule has 0 saturated heterocycles. The van der Waals surface area contributed by atoms with Gasteiger partial charge in [0.1, 0.15) is 6.61 Å². The lowest BCUT2D eigenvalue weighted by molar-refractivity contribution is 0.270. The Hall–Kier alpha value is -1.89. The lowest BCUT2D eigenvalue weighted by Crippen LogP contribution is -2.26. The van der Waals surface area contributed by atoms with Crippen molar-refractivity contribution < 1.29 is 5.11 Å². The van der Waals surface area contributed by atoms with Gasteiger partial charge in [0, 0.05) is 19.8 Å². The van der Waals surface area contributed by atoms with Crippen LogP contribution in [-0.2, 0) is 13.7 Å². The predicted molar refractivity (Wildman–Crippen MR) is 60.4 cm³/mol. The van der Waals surface area contributed by atoms with Gasteiger partial charge in [0.2, 0.25) is 5.95 Å². The first-order valence-electron chi connectivity index (χ1n) is 5.57. The van der Waals surface area contributed by atoms with Crippen LogP contribution in [0.5, 0.6) is 0 Å². The third-order valence-corrected chi connectivity index (χ3v) is 3.01. The Labute approximate surface area is 98.1 Å². The number of aromatic nitrogens is 5. The van der Waals surface area contributed by atoms with Crippen molar-refractivity contribution in [2.45, 2.75) is 19.1 Å². The number of aryl methyl sites for hydroxylation is 1. The Morgan fingerprint density at radius 3 is 3.18 bits per heavy atom. The molecule has 2 aromatic heterocycles. The van der Waals surface area contributed by atoms with E-state index in [2.05, 4.69) is 20.5 Å². The number of aliphatic hydroxyl groups is 1. The molecule has 1 unspecified atom stereocenters. The molecule has 3 heterocycles. The number of hydrogen-bond donors (Lipinski definition) is 2. The maximum Gasteiger partial charge on any atom is 0.222 e. The van der Waals surface area contributed by atoms with Crippen molar-refractivity contribution >= 4 is 5.95 Å². The van der Waals surface area contributed by atoms with Crippen molar-refractivity contribution in [3.05, 3.63) is 23.8 Å². The molecule has 0 bridgehead atoms. The largest absolute Gasteiger partial charge is 0.388 e. The Bertz CT molecular complexity index is 531. The third-order valence-electron chi connectivity index (χ3n) is 3.01. The molecule has 90 valence electrons. The Kier molecular flexibility index (Phi) is 2.32. The summed E-state index contributed by atoms with van der Waals surface area (Å²) in [5.41, 5.74) is 1.10. The second-order valence-corrected chi connectivity index (χ2v) is 4.07. The van der Waals surface area contributed by atoms with Gasteiger partial charge in [-0.05, 0) is 12.5 Å². The molecule has 1 aliphatic heterocycles. The first-order chi connectivity index (χ1) is 8.29. The summed E-state index contributed by atoms with van der Waals surface area (Å²) in [5.74, 6) is 1.16. The van der Waals surface area contributed by atoms with Gasteiger partial charge in [-0.15, -0.1) is 0 Å². The highest BCUT2D eigenvalue weighted by Gasteiger charge is 2.26. The van der Waals surface area contributed by atoms with Crippen LogP contribution in [0.1, 0.15) is 24.0 Å². The van der Waals surface area contributed by atoms with Crippen LogP contribution >= 0.6 is 0 Å². The van der Waals surface area contributed by atoms with Crippen LogP contribution in [0.25, 0.3) is 0 Å². The van der Waals surface area contributed by atoms with Gasteiger partial charge in [0.05, 0.1) is 11.7 Å². The zero-order valence-corrected chi connectivity index (χ0v) is 9.54. The highest BCUT2D eigenvalue weighted by Crippen LogP contribution is 2.27. The number of aliphatic hydroxyl groups excluding tert-OH is 1. The molecule has 1 atom stereocenters. The average molecular weight is 234 g/mol. The van der Waals surface area contributed by atoms with Crippen LogP contribution in [-0.4, -0.2) is 36.2 Å². The van der Waals surface area contributed by atoms with Crippen molar-refractivity contribution in [3.8, 4) is 0 Å². The topological polar surface area (TPSA) is 80.8 Å². The lowest BCUT2D eigenvalue weighted by atomic mass is 10.1. The Morgan fingerprint density at radius 1 is 1.59 bits per heavy atom. The monoisotopic (exact) mass is 234 g/mol. The second kappa shape index (κ2) is 3.85. The summed E-state index contributed by atoms with van der Waals surface area (Å²) in [6, 6.07) is 2.12. The quantitative estimate of drug-likeness (QED) is 0.759. The third kappa shape index (κ3) is 1.59. The van der Waals surface area contributed by atoms with Gasteiger partial charge in [-0.2, -0.15) is 15.2 Å². The van der Waals surface area contributed by atoms with E-state index in [-0.39, 0.29) is 12.6 Å². The summed E-state index contributed by atoms with van der Waals surface area (Å²) in [6.07, 6.45) is 2.71. The van der Waals surface area contributed by atoms with Gasteiger partial charge in [0.25, 0.3) is 0 Å². The number of hydrogen-bond acceptors (Lipinski definition) is 5. The van der Waals surface area contributed by atoms with Crippen LogP contribution in [0, 0.1) is 0 Å². The van der Waals surface area contributed by atoms with Gasteiger partial charge >= 0.3 is 0 Å². The minimum atomic E-state index is -0.139. The fourth-order valence-corrected chi connectivity index (χ4v) is 2.20. The summed E-state index contributed by atoms with van der Waals surface area (Å²) in [6.45, 7) is 0.708. The van der Waals surface area contributed by atoms with Gasteiger partial charge in [-0.25, -0.2) is 4.68 Å². The zero-order valence-electron chi connectivity index (χ0n) is 9.54. The number of fused-ring (bicyclic) bond motifs is 1. The lowest BCUT2D eigenvalue weighted by Gasteiger charge is -2.24. The average Bonchev–Trinajstić information content (AvgIpc) is 2.93. The van der Waals surface area contributed by atoms with E-state index in [1.807, 2.05) is 22.5 Å². The fraction of sp³-hybridized carbons (Fsp3) is 0.500. The van der Waals surface area contributed by atoms with E-state index in [4.69, 9.17) is 5.11 Å². The summed E-state index contributed by atoms with van der Waals surface area (Å²) >= 11 is 0. The predicted octanol–water partition coefficient (Wildman–Crippen LogP) is -0.0911. The van der Waals surface area contributed by atoms with E-state index in [1.165, 1.54) is 0 Å². The van der Waals surface area contributed by atoms with Crippen LogP contribution in [0.3, 0.4) is 0 Å². The highest BCUT2D eigenvalue weighted by molar-refractivity contribution is 5.30. The maximum absolute atomic E-state index is 9.07. The smallest absolute Gasteiger partial charge is 0.222 e. The molecule has 7 heteroatoms. The first kappa shape index (κ1) is 10.3. The molecule has 0 aliphatic carbocycles. The highest BCUT2D eigenvalue weighted by atomic mass is 16.3. The second-order valence-electron chi connectivity index (χ2n) is 4.07. The molecule has 0 saturated carbocycles. The van der Waals surface area contributed by atoms with Crippen molar-refractivity contribution in [2.75, 3.05) is 11.9 Å². The van der Waals surface area contributed by atoms with Crippen molar-refractivity contribution in [1.29, 1.82) is 0 Å². The molecule has 0 aromatic carbocycles. The number of rotatable bonds is 2. The zero-order chi connectivity index (χ0) is 11.8. The van der Waals surface area contributed by atoms with Gasteiger partial charge in [0.15, 0.2) is 5.82 Å². The molecule has 2 N–H and O–H groups in total. The molecular weight excluding hydrogens is 220 g/mol. The van der Waals surface area contributed by atoms with Crippen LogP contribution in [0.15, 0.2) is 12.3 Å². The normalized spacial score (nSPS) is 18.8. The van der Waals surface area contributed by atoms with Crippen LogP contribution in [0.2, 0.25) is 0 Å². The van der Waals surface area contributed by atoms with Crippen LogP contribution < -0.4 is 5.32 Å². The molecule has 2 aromatic rings. The van der Waals surface area contributed by atoms with E-state index in [1.54, 1.807) is 6.20 Å². The molecule has 0 radical (unpaired) electrons. The molecule has 7 nitrogen and oxygen atoms in total. The standard InChI is InChI=1S/C10H14N6O/c1-15-7(3-5-12-15)8-2-4-11-10-13-9(6-17)14-16(8)10/h3,5,8,17H,2,4,6H2,1H3,(H,11,13,14). The maximum atomic E-state index is 9.07. The summed E-state index contributed by atoms with van der Waals surface area (Å²) in [4.78, 5) is 4.22. The fourth-order valence-electron chi connectivity index (χ4n) is 2.20. The van der Waals surface area contributed by atoms with Crippen molar-refractivity contribution in [3.63, 3.8) is 0 Å². The van der Waals surface area contributed by atoms with E-state index < -0.39 is 0 Å². The van der Waals surface area contributed by atoms with Gasteiger partial charge in [-0.1, -0.05) is 0 Å². The molecule has 0 amide bonds. The Morgan fingerprint density at radius 2 is 2.47 bits per heavy atom. The van der Waals surface area contributed by atoms with Gasteiger partial charge in [-0.3, -0.25) is 4.68 Å². The molecule has 17 heavy (non-hydrogen) atoms. The van der Waals surface area contributed by atoms with E-state index in [0.717, 1.165) is 18.7 Å². The minimum Gasteiger partial charge on any atom is -0.388 e. The minimum absolute atomic E-state index is 0.131. The van der Waals surface area contributed by atoms with Crippen molar-refractivity contribution in [1.82, 2.24) is 24.5 Å². The number of nitrogens with one attached hydrogen (secondary N) is 1. The van der Waals surface area contributed by atoms with Crippen molar-refractivity contribution in [2.24, 2.45) is 7.05 Å². The molecular formula is C10H14N6O. The summed E-state index contributed by atoms with van der Waals surface area (Å²) < 4.78 is 3.67. The molecule has 0 spiro atoms. The summed E-state index contributed by atoms with van der Waals surface area (Å²) in [7, 11) is 1.92.